The van der Waals surface area contributed by atoms with Crippen LogP contribution in [0.5, 0.6) is 0 Å². The molecular weight excluding hydrogens is 152 g/mol. The van der Waals surface area contributed by atoms with Crippen molar-refractivity contribution >= 4 is 5.78 Å². The van der Waals surface area contributed by atoms with E-state index in [9.17, 15) is 9.90 Å². The summed E-state index contributed by atoms with van der Waals surface area (Å²) in [5, 5.41) is 9.94. The van der Waals surface area contributed by atoms with Gasteiger partial charge >= 0.3 is 0 Å². The molecule has 1 atom stereocenters. The van der Waals surface area contributed by atoms with E-state index in [2.05, 4.69) is 0 Å². The molecule has 1 N–H and O–H groups in total. The van der Waals surface area contributed by atoms with Crippen LogP contribution in [0.15, 0.2) is 23.3 Å². The highest BCUT2D eigenvalue weighted by molar-refractivity contribution is 6.05. The van der Waals surface area contributed by atoms with Gasteiger partial charge in [-0.3, -0.25) is 4.79 Å². The van der Waals surface area contributed by atoms with Crippen molar-refractivity contribution in [2.24, 2.45) is 0 Å². The lowest BCUT2D eigenvalue weighted by atomic mass is 9.84. The smallest absolute Gasteiger partial charge is 0.181 e. The van der Waals surface area contributed by atoms with Gasteiger partial charge in [-0.2, -0.15) is 0 Å². The molecule has 2 heteroatoms. The third-order valence-electron chi connectivity index (χ3n) is 2.41. The van der Waals surface area contributed by atoms with E-state index >= 15 is 0 Å². The minimum absolute atomic E-state index is 0.00521. The molecule has 0 saturated carbocycles. The highest BCUT2D eigenvalue weighted by Gasteiger charge is 2.28. The monoisotopic (exact) mass is 166 g/mol. The first-order valence-electron chi connectivity index (χ1n) is 4.14. The Labute approximate surface area is 72.6 Å². The Balaban J connectivity index is 3.08. The number of hydrogen-bond acceptors (Lipinski definition) is 2. The molecule has 0 spiro atoms. The molecule has 1 aliphatic rings. The maximum Gasteiger partial charge on any atom is 0.181 e. The Morgan fingerprint density at radius 2 is 2.08 bits per heavy atom. The minimum Gasteiger partial charge on any atom is -0.381 e. The van der Waals surface area contributed by atoms with Crippen LogP contribution in [0.1, 0.15) is 27.2 Å². The summed E-state index contributed by atoms with van der Waals surface area (Å²) in [4.78, 5) is 11.2. The highest BCUT2D eigenvalue weighted by atomic mass is 16.3. The molecule has 0 aromatic heterocycles. The summed E-state index contributed by atoms with van der Waals surface area (Å²) in [6.07, 6.45) is 3.77. The van der Waals surface area contributed by atoms with Gasteiger partial charge in [0.05, 0.1) is 0 Å². The number of hydrogen-bond donors (Lipinski definition) is 1. The van der Waals surface area contributed by atoms with Crippen molar-refractivity contribution in [2.75, 3.05) is 0 Å². The zero-order valence-electron chi connectivity index (χ0n) is 7.72. The number of carbonyl (C=O) groups is 1. The van der Waals surface area contributed by atoms with E-state index < -0.39 is 5.60 Å². The lowest BCUT2D eigenvalue weighted by Gasteiger charge is -2.27. The Kier molecular flexibility index (Phi) is 2.20. The molecule has 12 heavy (non-hydrogen) atoms. The molecule has 1 aliphatic carbocycles. The zero-order chi connectivity index (χ0) is 9.35. The summed E-state index contributed by atoms with van der Waals surface area (Å²) >= 11 is 0. The van der Waals surface area contributed by atoms with Gasteiger partial charge in [0.2, 0.25) is 0 Å². The third-order valence-corrected chi connectivity index (χ3v) is 2.41. The maximum absolute atomic E-state index is 11.2. The molecule has 0 aliphatic heterocycles. The molecule has 0 radical (unpaired) electrons. The number of ketones is 1. The van der Waals surface area contributed by atoms with Gasteiger partial charge in [0.1, 0.15) is 5.60 Å². The normalized spacial score (nSPS) is 29.8. The van der Waals surface area contributed by atoms with Crippen molar-refractivity contribution in [3.8, 4) is 0 Å². The van der Waals surface area contributed by atoms with Crippen molar-refractivity contribution in [1.29, 1.82) is 0 Å². The second kappa shape index (κ2) is 2.87. The Morgan fingerprint density at radius 3 is 2.58 bits per heavy atom. The summed E-state index contributed by atoms with van der Waals surface area (Å²) in [6, 6.07) is 0. The first kappa shape index (κ1) is 9.20. The largest absolute Gasteiger partial charge is 0.381 e. The van der Waals surface area contributed by atoms with Gasteiger partial charge in [-0.1, -0.05) is 6.92 Å². The van der Waals surface area contributed by atoms with E-state index in [-0.39, 0.29) is 5.78 Å². The highest BCUT2D eigenvalue weighted by Crippen LogP contribution is 2.27. The van der Waals surface area contributed by atoms with Crippen molar-refractivity contribution in [3.63, 3.8) is 0 Å². The predicted octanol–water partition coefficient (Wildman–Crippen LogP) is 1.60. The number of rotatable bonds is 1. The van der Waals surface area contributed by atoms with Crippen LogP contribution in [-0.2, 0) is 4.79 Å². The molecule has 0 bridgehead atoms. The van der Waals surface area contributed by atoms with Crippen molar-refractivity contribution in [1.82, 2.24) is 0 Å². The molecule has 1 rings (SSSR count). The van der Waals surface area contributed by atoms with Crippen molar-refractivity contribution in [2.45, 2.75) is 32.8 Å². The molecule has 66 valence electrons. The van der Waals surface area contributed by atoms with Gasteiger partial charge < -0.3 is 5.11 Å². The predicted molar refractivity (Wildman–Crippen MR) is 47.8 cm³/mol. The fourth-order valence-corrected chi connectivity index (χ4v) is 1.36. The second-order valence-corrected chi connectivity index (χ2v) is 3.30. The van der Waals surface area contributed by atoms with Gasteiger partial charge in [-0.15, -0.1) is 0 Å². The van der Waals surface area contributed by atoms with Gasteiger partial charge in [0.15, 0.2) is 5.78 Å². The van der Waals surface area contributed by atoms with Crippen LogP contribution in [0.4, 0.5) is 0 Å². The summed E-state index contributed by atoms with van der Waals surface area (Å²) in [5.41, 5.74) is 0.475. The first-order valence-corrected chi connectivity index (χ1v) is 4.14. The molecular formula is C10H14O2. The van der Waals surface area contributed by atoms with Crippen molar-refractivity contribution < 1.29 is 9.90 Å². The Bertz CT molecular complexity index is 274. The lowest BCUT2D eigenvalue weighted by molar-refractivity contribution is -0.111. The van der Waals surface area contributed by atoms with Crippen LogP contribution in [0.25, 0.3) is 0 Å². The third kappa shape index (κ3) is 1.34. The Hall–Kier alpha value is -0.890. The van der Waals surface area contributed by atoms with Crippen LogP contribution in [0.2, 0.25) is 0 Å². The van der Waals surface area contributed by atoms with Crippen LogP contribution < -0.4 is 0 Å². The van der Waals surface area contributed by atoms with Crippen LogP contribution in [0, 0.1) is 0 Å². The summed E-state index contributed by atoms with van der Waals surface area (Å²) in [7, 11) is 0. The van der Waals surface area contributed by atoms with E-state index in [0.717, 1.165) is 5.57 Å². The molecule has 0 aromatic carbocycles. The molecule has 0 amide bonds. The summed E-state index contributed by atoms with van der Waals surface area (Å²) in [5.74, 6) is 0.00521. The average Bonchev–Trinajstić information content (AvgIpc) is 2.01. The SMILES string of the molecule is CCC1(O)C=C(C)C(=O)C=C1C. The maximum atomic E-state index is 11.2. The van der Waals surface area contributed by atoms with Crippen LogP contribution >= 0.6 is 0 Å². The molecule has 2 nitrogen and oxygen atoms in total. The minimum atomic E-state index is -0.891. The number of aliphatic hydroxyl groups is 1. The summed E-state index contributed by atoms with van der Waals surface area (Å²) in [6.45, 7) is 5.41. The number of allylic oxidation sites excluding steroid dienone is 2. The fourth-order valence-electron chi connectivity index (χ4n) is 1.36. The molecule has 1 unspecified atom stereocenters. The first-order chi connectivity index (χ1) is 5.49. The molecule has 0 saturated heterocycles. The second-order valence-electron chi connectivity index (χ2n) is 3.30. The molecule has 0 aromatic rings. The Morgan fingerprint density at radius 1 is 1.50 bits per heavy atom. The summed E-state index contributed by atoms with van der Waals surface area (Å²) < 4.78 is 0. The van der Waals surface area contributed by atoms with E-state index in [1.165, 1.54) is 6.08 Å². The van der Waals surface area contributed by atoms with E-state index in [1.807, 2.05) is 6.92 Å². The standard InChI is InChI=1S/C10H14O2/c1-4-10(12)6-7(2)9(11)5-8(10)3/h5-6,12H,4H2,1-3H3. The van der Waals surface area contributed by atoms with Gasteiger partial charge in [-0.05, 0) is 43.6 Å². The molecule has 0 fully saturated rings. The van der Waals surface area contributed by atoms with E-state index in [1.54, 1.807) is 19.9 Å². The fraction of sp³-hybridized carbons (Fsp3) is 0.500. The van der Waals surface area contributed by atoms with Crippen LogP contribution in [0.3, 0.4) is 0 Å². The lowest BCUT2D eigenvalue weighted by Crippen LogP contribution is -2.30. The average molecular weight is 166 g/mol. The van der Waals surface area contributed by atoms with Gasteiger partial charge in [-0.25, -0.2) is 0 Å². The quantitative estimate of drug-likeness (QED) is 0.642. The van der Waals surface area contributed by atoms with E-state index in [4.69, 9.17) is 0 Å². The van der Waals surface area contributed by atoms with Crippen molar-refractivity contribution in [3.05, 3.63) is 23.3 Å². The van der Waals surface area contributed by atoms with Gasteiger partial charge in [0, 0.05) is 0 Å². The topological polar surface area (TPSA) is 37.3 Å². The van der Waals surface area contributed by atoms with Gasteiger partial charge in [0.25, 0.3) is 0 Å². The van der Waals surface area contributed by atoms with E-state index in [0.29, 0.717) is 12.0 Å². The van der Waals surface area contributed by atoms with Crippen LogP contribution in [-0.4, -0.2) is 16.5 Å². The zero-order valence-corrected chi connectivity index (χ0v) is 7.72. The number of carbonyl (C=O) groups excluding carboxylic acids is 1. The molecule has 0 heterocycles.